The third-order valence-corrected chi connectivity index (χ3v) is 5.01. The minimum atomic E-state index is -1.02. The van der Waals surface area contributed by atoms with Crippen molar-refractivity contribution in [1.82, 2.24) is 4.90 Å². The largest absolute Gasteiger partial charge is 0.480 e. The van der Waals surface area contributed by atoms with Crippen molar-refractivity contribution in [2.75, 3.05) is 13.2 Å². The maximum Gasteiger partial charge on any atom is 0.326 e. The first-order valence-corrected chi connectivity index (χ1v) is 7.20. The number of carboxylic acids is 1. The summed E-state index contributed by atoms with van der Waals surface area (Å²) in [5, 5.41) is 9.20. The van der Waals surface area contributed by atoms with Gasteiger partial charge in [0.05, 0.1) is 6.10 Å². The first-order chi connectivity index (χ1) is 9.25. The molecule has 2 fully saturated rings. The summed E-state index contributed by atoms with van der Waals surface area (Å²) in [6.07, 6.45) is 1.63. The zero-order chi connectivity index (χ0) is 15.1. The number of rotatable bonds is 4. The zero-order valence-electron chi connectivity index (χ0n) is 12.4. The molecule has 1 aliphatic carbocycles. The fourth-order valence-electron chi connectivity index (χ4n) is 3.32. The van der Waals surface area contributed by atoms with Gasteiger partial charge in [-0.3, -0.25) is 4.79 Å². The second kappa shape index (κ2) is 5.00. The van der Waals surface area contributed by atoms with Crippen LogP contribution in [0.15, 0.2) is 0 Å². The minimum absolute atomic E-state index is 0.0488. The highest BCUT2D eigenvalue weighted by atomic mass is 16.5. The van der Waals surface area contributed by atoms with Crippen LogP contribution in [-0.4, -0.2) is 52.7 Å². The lowest BCUT2D eigenvalue weighted by atomic mass is 9.54. The minimum Gasteiger partial charge on any atom is -0.480 e. The molecular weight excluding hydrogens is 260 g/mol. The third-order valence-electron chi connectivity index (χ3n) is 5.01. The van der Waals surface area contributed by atoms with E-state index in [0.29, 0.717) is 32.4 Å². The maximum absolute atomic E-state index is 12.7. The lowest BCUT2D eigenvalue weighted by Crippen LogP contribution is -2.76. The van der Waals surface area contributed by atoms with Crippen LogP contribution in [0.4, 0.5) is 0 Å². The molecule has 0 radical (unpaired) electrons. The predicted octanol–water partition coefficient (Wildman–Crippen LogP) is 0.595. The number of likely N-dealkylation sites (tertiary alicyclic amines) is 1. The molecule has 2 aliphatic rings. The molecule has 0 spiro atoms. The summed E-state index contributed by atoms with van der Waals surface area (Å²) in [5.41, 5.74) is 4.82. The Bertz CT molecular complexity index is 423. The molecule has 0 aromatic heterocycles. The number of nitrogens with two attached hydrogens (primary N) is 1. The van der Waals surface area contributed by atoms with Crippen LogP contribution in [0.3, 0.4) is 0 Å². The monoisotopic (exact) mass is 284 g/mol. The van der Waals surface area contributed by atoms with Crippen molar-refractivity contribution < 1.29 is 19.4 Å². The van der Waals surface area contributed by atoms with E-state index in [2.05, 4.69) is 0 Å². The topological polar surface area (TPSA) is 92.9 Å². The Balaban J connectivity index is 2.15. The van der Waals surface area contributed by atoms with Gasteiger partial charge < -0.3 is 20.5 Å². The van der Waals surface area contributed by atoms with Crippen molar-refractivity contribution >= 4 is 11.9 Å². The molecule has 1 amide bonds. The molecule has 3 atom stereocenters. The normalized spacial score (nSPS) is 35.7. The smallest absolute Gasteiger partial charge is 0.326 e. The summed E-state index contributed by atoms with van der Waals surface area (Å²) in [4.78, 5) is 25.4. The van der Waals surface area contributed by atoms with E-state index >= 15 is 0 Å². The molecule has 6 heteroatoms. The summed E-state index contributed by atoms with van der Waals surface area (Å²) in [6.45, 7) is 6.81. The number of aliphatic carboxylic acids is 1. The highest BCUT2D eigenvalue weighted by Gasteiger charge is 2.64. The van der Waals surface area contributed by atoms with Crippen LogP contribution >= 0.6 is 0 Å². The van der Waals surface area contributed by atoms with Crippen LogP contribution in [0.25, 0.3) is 0 Å². The van der Waals surface area contributed by atoms with E-state index in [4.69, 9.17) is 10.5 Å². The Morgan fingerprint density at radius 1 is 1.45 bits per heavy atom. The highest BCUT2D eigenvalue weighted by Crippen LogP contribution is 2.51. The number of amides is 1. The van der Waals surface area contributed by atoms with Crippen LogP contribution in [0.2, 0.25) is 0 Å². The fourth-order valence-corrected chi connectivity index (χ4v) is 3.32. The Labute approximate surface area is 119 Å². The Morgan fingerprint density at radius 2 is 2.10 bits per heavy atom. The van der Waals surface area contributed by atoms with Crippen LogP contribution in [-0.2, 0) is 14.3 Å². The summed E-state index contributed by atoms with van der Waals surface area (Å²) in [5.74, 6) is -1.19. The first-order valence-electron chi connectivity index (χ1n) is 7.20. The van der Waals surface area contributed by atoms with Crippen LogP contribution < -0.4 is 5.73 Å². The maximum atomic E-state index is 12.7. The summed E-state index contributed by atoms with van der Waals surface area (Å²) in [7, 11) is 0. The molecule has 2 rings (SSSR count). The average Bonchev–Trinajstić information content (AvgIpc) is 2.86. The second-order valence-corrected chi connectivity index (χ2v) is 6.34. The molecule has 3 N–H and O–H groups in total. The van der Waals surface area contributed by atoms with E-state index in [0.717, 1.165) is 0 Å². The first kappa shape index (κ1) is 15.3. The third kappa shape index (κ3) is 2.02. The number of ether oxygens (including phenoxy) is 1. The van der Waals surface area contributed by atoms with Crippen molar-refractivity contribution in [3.8, 4) is 0 Å². The molecular formula is C14H24N2O4. The summed E-state index contributed by atoms with van der Waals surface area (Å²) < 4.78 is 5.61. The SMILES string of the molecule is CCOC1CC(N)(C(=O)N2CCCC2C(=O)O)C1(C)C. The van der Waals surface area contributed by atoms with Gasteiger partial charge in [-0.2, -0.15) is 0 Å². The quantitative estimate of drug-likeness (QED) is 0.788. The van der Waals surface area contributed by atoms with Gasteiger partial charge >= 0.3 is 5.97 Å². The molecule has 20 heavy (non-hydrogen) atoms. The van der Waals surface area contributed by atoms with Crippen LogP contribution in [0, 0.1) is 5.41 Å². The van der Waals surface area contributed by atoms with E-state index in [1.807, 2.05) is 20.8 Å². The predicted molar refractivity (Wildman–Crippen MR) is 73.1 cm³/mol. The van der Waals surface area contributed by atoms with E-state index in [9.17, 15) is 14.7 Å². The van der Waals surface area contributed by atoms with Gasteiger partial charge in [-0.25, -0.2) is 4.79 Å². The van der Waals surface area contributed by atoms with Crippen LogP contribution in [0.1, 0.15) is 40.0 Å². The summed E-state index contributed by atoms with van der Waals surface area (Å²) in [6, 6.07) is -0.732. The standard InChI is InChI=1S/C14H24N2O4/c1-4-20-10-8-14(15,13(10,2)3)12(19)16-7-5-6-9(16)11(17)18/h9-10H,4-8,15H2,1-3H3,(H,17,18). The Hall–Kier alpha value is -1.14. The van der Waals surface area contributed by atoms with E-state index in [1.54, 1.807) is 0 Å². The Kier molecular flexibility index (Phi) is 3.81. The number of hydrogen-bond acceptors (Lipinski definition) is 4. The molecule has 114 valence electrons. The summed E-state index contributed by atoms with van der Waals surface area (Å²) >= 11 is 0. The van der Waals surface area contributed by atoms with Gasteiger partial charge in [0.15, 0.2) is 0 Å². The molecule has 6 nitrogen and oxygen atoms in total. The molecule has 0 aromatic rings. The highest BCUT2D eigenvalue weighted by molar-refractivity contribution is 5.92. The van der Waals surface area contributed by atoms with Gasteiger partial charge in [-0.1, -0.05) is 13.8 Å². The lowest BCUT2D eigenvalue weighted by molar-refractivity contribution is -0.181. The average molecular weight is 284 g/mol. The number of carbonyl (C=O) groups excluding carboxylic acids is 1. The van der Waals surface area contributed by atoms with Gasteiger partial charge in [-0.05, 0) is 19.8 Å². The van der Waals surface area contributed by atoms with Crippen molar-refractivity contribution in [3.63, 3.8) is 0 Å². The van der Waals surface area contributed by atoms with Gasteiger partial charge in [0.1, 0.15) is 11.6 Å². The molecule has 1 saturated carbocycles. The molecule has 1 aliphatic heterocycles. The van der Waals surface area contributed by atoms with Gasteiger partial charge in [0, 0.05) is 25.0 Å². The second-order valence-electron chi connectivity index (χ2n) is 6.34. The Morgan fingerprint density at radius 3 is 2.60 bits per heavy atom. The molecule has 1 heterocycles. The van der Waals surface area contributed by atoms with Gasteiger partial charge in [0.25, 0.3) is 0 Å². The van der Waals surface area contributed by atoms with E-state index in [-0.39, 0.29) is 12.0 Å². The van der Waals surface area contributed by atoms with Crippen molar-refractivity contribution in [1.29, 1.82) is 0 Å². The van der Waals surface area contributed by atoms with Crippen molar-refractivity contribution in [2.45, 2.75) is 57.7 Å². The number of carboxylic acid groups (broad SMARTS) is 1. The van der Waals surface area contributed by atoms with E-state index in [1.165, 1.54) is 4.90 Å². The van der Waals surface area contributed by atoms with Crippen molar-refractivity contribution in [2.24, 2.45) is 11.1 Å². The van der Waals surface area contributed by atoms with Crippen LogP contribution in [0.5, 0.6) is 0 Å². The molecule has 0 aromatic carbocycles. The van der Waals surface area contributed by atoms with Gasteiger partial charge in [0.2, 0.25) is 5.91 Å². The number of nitrogens with zero attached hydrogens (tertiary/aromatic N) is 1. The number of carbonyl (C=O) groups is 2. The molecule has 1 saturated heterocycles. The lowest BCUT2D eigenvalue weighted by Gasteiger charge is -2.58. The molecule has 0 bridgehead atoms. The van der Waals surface area contributed by atoms with E-state index < -0.39 is 23.0 Å². The van der Waals surface area contributed by atoms with Gasteiger partial charge in [-0.15, -0.1) is 0 Å². The fraction of sp³-hybridized carbons (Fsp3) is 0.857. The number of hydrogen-bond donors (Lipinski definition) is 2. The van der Waals surface area contributed by atoms with Crippen molar-refractivity contribution in [3.05, 3.63) is 0 Å². The zero-order valence-corrected chi connectivity index (χ0v) is 12.4. The molecule has 3 unspecified atom stereocenters.